The normalized spacial score (nSPS) is 18.7. The second-order valence-corrected chi connectivity index (χ2v) is 6.84. The highest BCUT2D eigenvalue weighted by molar-refractivity contribution is 5.91. The van der Waals surface area contributed by atoms with E-state index in [1.165, 1.54) is 5.57 Å². The Morgan fingerprint density at radius 2 is 1.85 bits per heavy atom. The zero-order valence-electron chi connectivity index (χ0n) is 14.1. The average molecular weight is 348 g/mol. The van der Waals surface area contributed by atoms with Crippen LogP contribution in [0, 0.1) is 0 Å². The summed E-state index contributed by atoms with van der Waals surface area (Å²) < 4.78 is 0. The lowest BCUT2D eigenvalue weighted by Gasteiger charge is -2.19. The van der Waals surface area contributed by atoms with E-state index in [9.17, 15) is 20.4 Å². The predicted octanol–water partition coefficient (Wildman–Crippen LogP) is 3.39. The first-order chi connectivity index (χ1) is 12.4. The van der Waals surface area contributed by atoms with Crippen LogP contribution in [0.25, 0.3) is 17.2 Å². The minimum Gasteiger partial charge on any atom is -0.507 e. The van der Waals surface area contributed by atoms with Crippen molar-refractivity contribution in [2.45, 2.75) is 24.7 Å². The molecule has 2 aliphatic rings. The van der Waals surface area contributed by atoms with Crippen molar-refractivity contribution in [2.24, 2.45) is 0 Å². The fourth-order valence-corrected chi connectivity index (χ4v) is 3.69. The van der Waals surface area contributed by atoms with Gasteiger partial charge in [-0.05, 0) is 46.4 Å². The van der Waals surface area contributed by atoms with Crippen LogP contribution in [0.15, 0.2) is 60.7 Å². The van der Waals surface area contributed by atoms with Gasteiger partial charge in [0.25, 0.3) is 5.97 Å². The highest BCUT2D eigenvalue weighted by Crippen LogP contribution is 2.39. The molecule has 2 aromatic carbocycles. The Kier molecular flexibility index (Phi) is 4.04. The van der Waals surface area contributed by atoms with Crippen molar-refractivity contribution in [1.29, 1.82) is 0 Å². The van der Waals surface area contributed by atoms with Gasteiger partial charge in [0.2, 0.25) is 0 Å². The molecule has 1 unspecified atom stereocenters. The summed E-state index contributed by atoms with van der Waals surface area (Å²) in [4.78, 5) is 0. The molecule has 0 aliphatic heterocycles. The first-order valence-electron chi connectivity index (χ1n) is 8.59. The van der Waals surface area contributed by atoms with Crippen molar-refractivity contribution in [1.82, 2.24) is 0 Å². The lowest BCUT2D eigenvalue weighted by atomic mass is 9.93. The maximum Gasteiger partial charge on any atom is 0.276 e. The topological polar surface area (TPSA) is 80.9 Å². The summed E-state index contributed by atoms with van der Waals surface area (Å²) in [6.45, 7) is 0. The summed E-state index contributed by atoms with van der Waals surface area (Å²) >= 11 is 0. The molecule has 2 aromatic rings. The first-order valence-corrected chi connectivity index (χ1v) is 8.59. The number of aliphatic hydroxyl groups is 3. The Morgan fingerprint density at radius 1 is 1.04 bits per heavy atom. The van der Waals surface area contributed by atoms with Crippen LogP contribution in [0.4, 0.5) is 0 Å². The molecule has 2 aliphatic carbocycles. The molecule has 0 saturated heterocycles. The van der Waals surface area contributed by atoms with Crippen molar-refractivity contribution < 1.29 is 20.4 Å². The van der Waals surface area contributed by atoms with E-state index in [2.05, 4.69) is 18.2 Å². The van der Waals surface area contributed by atoms with Crippen LogP contribution in [0.1, 0.15) is 41.0 Å². The van der Waals surface area contributed by atoms with E-state index in [1.54, 1.807) is 6.07 Å². The highest BCUT2D eigenvalue weighted by atomic mass is 16.7. The average Bonchev–Trinajstić information content (AvgIpc) is 3.21. The number of phenolic OH excluding ortho intramolecular Hbond substituents is 1. The lowest BCUT2D eigenvalue weighted by Crippen LogP contribution is -2.28. The molecule has 0 fully saturated rings. The third-order valence-electron chi connectivity index (χ3n) is 4.95. The molecule has 1 atom stereocenters. The van der Waals surface area contributed by atoms with Gasteiger partial charge in [0, 0.05) is 17.9 Å². The molecule has 0 saturated carbocycles. The van der Waals surface area contributed by atoms with Gasteiger partial charge >= 0.3 is 0 Å². The Balaban J connectivity index is 1.59. The second kappa shape index (κ2) is 6.25. The SMILES string of the molecule is Oc1ccccc1C1=CCC(c2ccc3c(c2)C=CC3CC(O)(O)O)=C1. The standard InChI is InChI=1S/C22H20O4/c23-21-4-2-1-3-20(21)17-6-5-14(12-17)15-9-10-19-16(11-15)7-8-18(19)13-22(24,25)26/h1-4,6-12,18,23-26H,5,13H2. The molecule has 0 heterocycles. The van der Waals surface area contributed by atoms with Crippen LogP contribution in [-0.2, 0) is 0 Å². The van der Waals surface area contributed by atoms with Gasteiger partial charge in [0.1, 0.15) is 5.75 Å². The van der Waals surface area contributed by atoms with Gasteiger partial charge in [-0.3, -0.25) is 0 Å². The van der Waals surface area contributed by atoms with E-state index in [4.69, 9.17) is 0 Å². The van der Waals surface area contributed by atoms with Gasteiger partial charge in [-0.1, -0.05) is 54.6 Å². The van der Waals surface area contributed by atoms with E-state index in [1.807, 2.05) is 42.5 Å². The summed E-state index contributed by atoms with van der Waals surface area (Å²) in [5, 5.41) is 37.7. The van der Waals surface area contributed by atoms with E-state index >= 15 is 0 Å². The third kappa shape index (κ3) is 3.22. The van der Waals surface area contributed by atoms with Gasteiger partial charge in [-0.25, -0.2) is 0 Å². The molecule has 4 heteroatoms. The zero-order chi connectivity index (χ0) is 18.3. The second-order valence-electron chi connectivity index (χ2n) is 6.84. The summed E-state index contributed by atoms with van der Waals surface area (Å²) in [6, 6.07) is 13.4. The Hall–Kier alpha value is -2.66. The van der Waals surface area contributed by atoms with E-state index < -0.39 is 5.97 Å². The smallest absolute Gasteiger partial charge is 0.276 e. The first kappa shape index (κ1) is 16.8. The van der Waals surface area contributed by atoms with E-state index in [0.717, 1.165) is 34.2 Å². The largest absolute Gasteiger partial charge is 0.507 e. The molecule has 0 spiro atoms. The molecule has 0 amide bonds. The van der Waals surface area contributed by atoms with Gasteiger partial charge < -0.3 is 20.4 Å². The summed E-state index contributed by atoms with van der Waals surface area (Å²) in [5.41, 5.74) is 6.10. The van der Waals surface area contributed by atoms with Gasteiger partial charge in [0.15, 0.2) is 0 Å². The minimum absolute atomic E-state index is 0.155. The Labute approximate surface area is 151 Å². The molecule has 4 nitrogen and oxygen atoms in total. The van der Waals surface area contributed by atoms with Crippen LogP contribution in [0.5, 0.6) is 5.75 Å². The number of benzene rings is 2. The number of hydrogen-bond donors (Lipinski definition) is 4. The number of aromatic hydroxyl groups is 1. The zero-order valence-corrected chi connectivity index (χ0v) is 14.1. The lowest BCUT2D eigenvalue weighted by molar-refractivity contribution is -0.315. The molecule has 0 bridgehead atoms. The molecule has 0 radical (unpaired) electrons. The maximum atomic E-state index is 10.0. The number of rotatable bonds is 4. The Morgan fingerprint density at radius 3 is 2.62 bits per heavy atom. The summed E-state index contributed by atoms with van der Waals surface area (Å²) in [6.07, 6.45) is 8.66. The number of hydrogen-bond acceptors (Lipinski definition) is 4. The molecular weight excluding hydrogens is 328 g/mol. The van der Waals surface area contributed by atoms with Crippen molar-refractivity contribution in [2.75, 3.05) is 0 Å². The number of para-hydroxylation sites is 1. The fraction of sp³-hybridized carbons (Fsp3) is 0.182. The number of allylic oxidation sites excluding steroid dienone is 5. The van der Waals surface area contributed by atoms with Crippen molar-refractivity contribution in [3.63, 3.8) is 0 Å². The van der Waals surface area contributed by atoms with Crippen LogP contribution < -0.4 is 0 Å². The van der Waals surface area contributed by atoms with E-state index in [-0.39, 0.29) is 18.1 Å². The Bertz CT molecular complexity index is 945. The molecule has 4 rings (SSSR count). The quantitative estimate of drug-likeness (QED) is 0.639. The predicted molar refractivity (Wildman–Crippen MR) is 101 cm³/mol. The van der Waals surface area contributed by atoms with Crippen molar-refractivity contribution in [3.8, 4) is 5.75 Å². The van der Waals surface area contributed by atoms with Gasteiger partial charge in [-0.15, -0.1) is 0 Å². The third-order valence-corrected chi connectivity index (χ3v) is 4.95. The summed E-state index contributed by atoms with van der Waals surface area (Å²) in [7, 11) is 0. The van der Waals surface area contributed by atoms with Crippen molar-refractivity contribution >= 4 is 17.2 Å². The maximum absolute atomic E-state index is 10.0. The molecule has 0 aromatic heterocycles. The van der Waals surface area contributed by atoms with Crippen LogP contribution in [0.2, 0.25) is 0 Å². The molecule has 4 N–H and O–H groups in total. The summed E-state index contributed by atoms with van der Waals surface area (Å²) in [5.74, 6) is -2.61. The fourth-order valence-electron chi connectivity index (χ4n) is 3.69. The van der Waals surface area contributed by atoms with E-state index in [0.29, 0.717) is 0 Å². The minimum atomic E-state index is -2.67. The molecule has 26 heavy (non-hydrogen) atoms. The monoisotopic (exact) mass is 348 g/mol. The van der Waals surface area contributed by atoms with Crippen LogP contribution in [0.3, 0.4) is 0 Å². The number of fused-ring (bicyclic) bond motifs is 1. The molecule has 132 valence electrons. The van der Waals surface area contributed by atoms with Crippen molar-refractivity contribution in [3.05, 3.63) is 82.9 Å². The molecular formula is C22H20O4. The van der Waals surface area contributed by atoms with Crippen LogP contribution in [-0.4, -0.2) is 26.4 Å². The number of phenols is 1. The van der Waals surface area contributed by atoms with Crippen LogP contribution >= 0.6 is 0 Å². The van der Waals surface area contributed by atoms with Gasteiger partial charge in [0.05, 0.1) is 0 Å². The highest BCUT2D eigenvalue weighted by Gasteiger charge is 2.28. The van der Waals surface area contributed by atoms with Gasteiger partial charge in [-0.2, -0.15) is 0 Å².